The zero-order chi connectivity index (χ0) is 58.7. The Bertz CT molecular complexity index is 2020. The highest BCUT2D eigenvalue weighted by Gasteiger charge is 2.26. The van der Waals surface area contributed by atoms with E-state index in [1.54, 1.807) is 0 Å². The molecule has 0 aromatic heterocycles. The van der Waals surface area contributed by atoms with Gasteiger partial charge >= 0.3 is 19.8 Å². The van der Waals surface area contributed by atoms with Crippen molar-refractivity contribution in [2.45, 2.75) is 213 Å². The van der Waals surface area contributed by atoms with Crippen molar-refractivity contribution in [1.82, 2.24) is 0 Å². The summed E-state index contributed by atoms with van der Waals surface area (Å²) in [5.41, 5.74) is 5.38. The molecule has 0 bridgehead atoms. The van der Waals surface area contributed by atoms with Gasteiger partial charge in [-0.15, -0.1) is 0 Å². The van der Waals surface area contributed by atoms with Crippen LogP contribution in [-0.2, 0) is 32.7 Å². The molecule has 0 fully saturated rings. The van der Waals surface area contributed by atoms with E-state index >= 15 is 0 Å². The Morgan fingerprint density at radius 1 is 0.370 bits per heavy atom. The fraction of sp³-hybridized carbons (Fsp3) is 0.521. The lowest BCUT2D eigenvalue weighted by molar-refractivity contribution is -0.161. The molecule has 0 saturated carbocycles. The smallest absolute Gasteiger partial charge is 0.462 e. The van der Waals surface area contributed by atoms with Crippen molar-refractivity contribution in [3.63, 3.8) is 0 Å². The SMILES string of the molecule is CC/C=C\C/C=C\C/C=C\C/C=C\C/C=C\C/C=C\C/C=C\C/C=C\CCCCCCCCCCC(=O)OC(COC(=O)CCCC/C=C\C/C=C\C/C=C\C/C=C\C/C=C\C/C=C\C/C=C\C/C=C\CC)COP(=O)(O)OCCN. The number of phosphoric ester groups is 1. The van der Waals surface area contributed by atoms with Crippen LogP contribution in [0.3, 0.4) is 0 Å². The molecule has 0 aliphatic rings. The van der Waals surface area contributed by atoms with Gasteiger partial charge in [-0.2, -0.15) is 0 Å². The first-order valence-electron chi connectivity index (χ1n) is 30.9. The second-order valence-corrected chi connectivity index (χ2v) is 20.9. The number of esters is 2. The lowest BCUT2D eigenvalue weighted by Gasteiger charge is -2.19. The van der Waals surface area contributed by atoms with E-state index in [1.807, 2.05) is 0 Å². The molecule has 452 valence electrons. The fourth-order valence-corrected chi connectivity index (χ4v) is 8.25. The molecule has 3 N–H and O–H groups in total. The van der Waals surface area contributed by atoms with Crippen molar-refractivity contribution < 1.29 is 37.6 Å². The van der Waals surface area contributed by atoms with Crippen LogP contribution in [-0.4, -0.2) is 49.3 Å². The molecular formula is C71H110NO8P. The highest BCUT2D eigenvalue weighted by atomic mass is 31.2. The first-order chi connectivity index (χ1) is 39.8. The summed E-state index contributed by atoms with van der Waals surface area (Å²) in [6, 6.07) is 0. The Balaban J connectivity index is 4.13. The normalized spacial score (nSPS) is 14.4. The summed E-state index contributed by atoms with van der Waals surface area (Å²) in [6.07, 6.45) is 97.7. The second kappa shape index (κ2) is 64.0. The molecule has 0 aliphatic heterocycles. The van der Waals surface area contributed by atoms with Crippen molar-refractivity contribution in [2.75, 3.05) is 26.4 Å². The number of phosphoric acid groups is 1. The first kappa shape index (κ1) is 75.8. The predicted octanol–water partition coefficient (Wildman–Crippen LogP) is 20.2. The lowest BCUT2D eigenvalue weighted by Crippen LogP contribution is -2.29. The Hall–Kier alpha value is -5.15. The minimum Gasteiger partial charge on any atom is -0.462 e. The van der Waals surface area contributed by atoms with E-state index in [-0.39, 0.29) is 32.6 Å². The molecule has 81 heavy (non-hydrogen) atoms. The summed E-state index contributed by atoms with van der Waals surface area (Å²) in [5.74, 6) is -0.907. The molecule has 0 radical (unpaired) electrons. The van der Waals surface area contributed by atoms with Gasteiger partial charge in [0, 0.05) is 19.4 Å². The highest BCUT2D eigenvalue weighted by Crippen LogP contribution is 2.43. The molecule has 0 aromatic rings. The summed E-state index contributed by atoms with van der Waals surface area (Å²) >= 11 is 0. The number of unbranched alkanes of at least 4 members (excludes halogenated alkanes) is 10. The Morgan fingerprint density at radius 3 is 0.975 bits per heavy atom. The molecular weight excluding hydrogens is 1030 g/mol. The van der Waals surface area contributed by atoms with Gasteiger partial charge in [0.1, 0.15) is 6.61 Å². The standard InChI is InChI=1S/C71H110NO8P/c1-3-5-7-9-11-13-15-17-19-21-23-25-27-29-31-32-33-34-35-36-38-40-42-44-46-48-50-52-54-56-58-60-62-64-71(74)80-69(68-79-81(75,76)78-66-65-72)67-77-70(73)63-61-59-57-55-53-51-49-47-45-43-41-39-37-30-28-26-24-22-20-18-16-14-12-10-8-6-4-2/h5-8,11-14,17-20,23-26,29-31,33-34,36-38,41-44,47,49,53,55,69H,3-4,9-10,15-16,21-22,27-28,32,35,39-40,45-46,48,50-52,54,56-68,72H2,1-2H3,(H,75,76)/b7-5-,8-6-,13-11-,14-12-,19-17-,20-18-,25-23-,26-24-,31-29-,34-33-,37-30-,38-36-,43-41-,44-42-,49-47-,55-53-. The minimum absolute atomic E-state index is 0.0341. The zero-order valence-electron chi connectivity index (χ0n) is 50.4. The zero-order valence-corrected chi connectivity index (χ0v) is 51.3. The quantitative estimate of drug-likeness (QED) is 0.0264. The van der Waals surface area contributed by atoms with Crippen molar-refractivity contribution >= 4 is 19.8 Å². The highest BCUT2D eigenvalue weighted by molar-refractivity contribution is 7.47. The summed E-state index contributed by atoms with van der Waals surface area (Å²) in [4.78, 5) is 35.2. The van der Waals surface area contributed by atoms with Crippen LogP contribution in [0.1, 0.15) is 206 Å². The van der Waals surface area contributed by atoms with Crippen LogP contribution >= 0.6 is 7.82 Å². The van der Waals surface area contributed by atoms with Crippen LogP contribution in [0.4, 0.5) is 0 Å². The number of hydrogen-bond donors (Lipinski definition) is 2. The molecule has 0 rings (SSSR count). The lowest BCUT2D eigenvalue weighted by atomic mass is 10.1. The van der Waals surface area contributed by atoms with Crippen LogP contribution in [0.25, 0.3) is 0 Å². The summed E-state index contributed by atoms with van der Waals surface area (Å²) < 4.78 is 33.0. The maximum Gasteiger partial charge on any atom is 0.472 e. The van der Waals surface area contributed by atoms with Gasteiger partial charge in [0.25, 0.3) is 0 Å². The third-order valence-corrected chi connectivity index (χ3v) is 13.0. The largest absolute Gasteiger partial charge is 0.472 e. The number of ether oxygens (including phenoxy) is 2. The number of hydrogen-bond acceptors (Lipinski definition) is 8. The summed E-state index contributed by atoms with van der Waals surface area (Å²) in [7, 11) is -4.42. The molecule has 0 aromatic carbocycles. The third kappa shape index (κ3) is 63.9. The van der Waals surface area contributed by atoms with Gasteiger partial charge in [-0.1, -0.05) is 247 Å². The first-order valence-corrected chi connectivity index (χ1v) is 32.4. The van der Waals surface area contributed by atoms with Crippen molar-refractivity contribution in [1.29, 1.82) is 0 Å². The van der Waals surface area contributed by atoms with Crippen LogP contribution in [0.5, 0.6) is 0 Å². The van der Waals surface area contributed by atoms with Crippen molar-refractivity contribution in [2.24, 2.45) is 5.73 Å². The topological polar surface area (TPSA) is 134 Å². The fourth-order valence-electron chi connectivity index (χ4n) is 7.49. The van der Waals surface area contributed by atoms with Crippen LogP contribution < -0.4 is 5.73 Å². The molecule has 10 heteroatoms. The van der Waals surface area contributed by atoms with Gasteiger partial charge in [-0.25, -0.2) is 4.57 Å². The molecule has 0 aliphatic carbocycles. The van der Waals surface area contributed by atoms with Gasteiger partial charge in [0.2, 0.25) is 0 Å². The molecule has 2 atom stereocenters. The maximum atomic E-state index is 12.7. The van der Waals surface area contributed by atoms with Crippen molar-refractivity contribution in [3.8, 4) is 0 Å². The molecule has 0 amide bonds. The van der Waals surface area contributed by atoms with E-state index in [0.29, 0.717) is 12.8 Å². The number of rotatable bonds is 55. The van der Waals surface area contributed by atoms with Crippen molar-refractivity contribution in [3.05, 3.63) is 194 Å². The van der Waals surface area contributed by atoms with Gasteiger partial charge in [-0.05, 0) is 141 Å². The van der Waals surface area contributed by atoms with E-state index < -0.39 is 32.5 Å². The molecule has 0 spiro atoms. The van der Waals surface area contributed by atoms with E-state index in [2.05, 4.69) is 208 Å². The summed E-state index contributed by atoms with van der Waals surface area (Å²) in [6.45, 7) is 3.42. The van der Waals surface area contributed by atoms with Gasteiger partial charge in [0.15, 0.2) is 6.10 Å². The van der Waals surface area contributed by atoms with E-state index in [1.165, 1.54) is 25.7 Å². The third-order valence-electron chi connectivity index (χ3n) is 12.0. The second-order valence-electron chi connectivity index (χ2n) is 19.5. The Labute approximate surface area is 494 Å². The molecule has 9 nitrogen and oxygen atoms in total. The van der Waals surface area contributed by atoms with Gasteiger partial charge in [0.05, 0.1) is 13.2 Å². The number of allylic oxidation sites excluding steroid dienone is 32. The Morgan fingerprint density at radius 2 is 0.642 bits per heavy atom. The number of nitrogens with two attached hydrogens (primary N) is 1. The van der Waals surface area contributed by atoms with Crippen LogP contribution in [0, 0.1) is 0 Å². The van der Waals surface area contributed by atoms with E-state index in [0.717, 1.165) is 141 Å². The van der Waals surface area contributed by atoms with Crippen LogP contribution in [0.2, 0.25) is 0 Å². The number of carbonyl (C=O) groups is 2. The average Bonchev–Trinajstić information content (AvgIpc) is 3.46. The minimum atomic E-state index is -4.42. The summed E-state index contributed by atoms with van der Waals surface area (Å²) in [5, 5.41) is 0. The predicted molar refractivity (Wildman–Crippen MR) is 348 cm³/mol. The molecule has 2 unspecified atom stereocenters. The monoisotopic (exact) mass is 1140 g/mol. The average molecular weight is 1140 g/mol. The Kier molecular flexibility index (Phi) is 60.0. The molecule has 0 saturated heterocycles. The molecule has 0 heterocycles. The van der Waals surface area contributed by atoms with E-state index in [4.69, 9.17) is 24.3 Å². The van der Waals surface area contributed by atoms with Gasteiger partial charge in [-0.3, -0.25) is 18.6 Å². The van der Waals surface area contributed by atoms with E-state index in [9.17, 15) is 19.0 Å². The van der Waals surface area contributed by atoms with Crippen LogP contribution in [0.15, 0.2) is 194 Å². The number of carbonyl (C=O) groups excluding carboxylic acids is 2. The van der Waals surface area contributed by atoms with Gasteiger partial charge < -0.3 is 20.1 Å². The maximum absolute atomic E-state index is 12.7.